The molecule has 0 N–H and O–H groups in total. The molecule has 5 nitrogen and oxygen atoms in total. The average Bonchev–Trinajstić information content (AvgIpc) is 3.68. The van der Waals surface area contributed by atoms with Crippen LogP contribution in [0.1, 0.15) is 5.69 Å². The summed E-state index contributed by atoms with van der Waals surface area (Å²) in [5.74, 6) is 0.789. The normalized spacial score (nSPS) is 11.0. The SMILES string of the molecule is Cc1cc2c(cn1)nc(-c1[c-]ccc3c1oc1c4ccccc4ccc31)n2-c1ccccc1.[Ir].[c-]1ccccc1-c1ccccn1. The van der Waals surface area contributed by atoms with Crippen LogP contribution in [-0.2, 0) is 20.1 Å². The van der Waals surface area contributed by atoms with E-state index in [2.05, 4.69) is 75.2 Å². The molecule has 223 valence electrons. The summed E-state index contributed by atoms with van der Waals surface area (Å²) >= 11 is 0. The van der Waals surface area contributed by atoms with Crippen LogP contribution in [0, 0.1) is 19.1 Å². The van der Waals surface area contributed by atoms with Gasteiger partial charge in [-0.2, -0.15) is 0 Å². The van der Waals surface area contributed by atoms with Gasteiger partial charge in [0.1, 0.15) is 5.58 Å². The molecule has 9 rings (SSSR count). The van der Waals surface area contributed by atoms with Crippen LogP contribution in [0.5, 0.6) is 0 Å². The van der Waals surface area contributed by atoms with Crippen LogP contribution < -0.4 is 0 Å². The van der Waals surface area contributed by atoms with E-state index in [1.807, 2.05) is 92.0 Å². The van der Waals surface area contributed by atoms with Crippen molar-refractivity contribution in [2.45, 2.75) is 6.92 Å². The number of aryl methyl sites for hydroxylation is 1. The van der Waals surface area contributed by atoms with Crippen LogP contribution in [0.2, 0.25) is 0 Å². The molecule has 0 unspecified atom stereocenters. The molecule has 0 aliphatic carbocycles. The maximum atomic E-state index is 6.56. The fourth-order valence-electron chi connectivity index (χ4n) is 5.80. The van der Waals surface area contributed by atoms with Crippen molar-refractivity contribution in [2.24, 2.45) is 0 Å². The number of hydrogen-bond acceptors (Lipinski definition) is 4. The average molecular weight is 771 g/mol. The second-order valence-electron chi connectivity index (χ2n) is 10.8. The quantitative estimate of drug-likeness (QED) is 0.168. The van der Waals surface area contributed by atoms with E-state index in [-0.39, 0.29) is 20.1 Å². The van der Waals surface area contributed by atoms with Gasteiger partial charge in [-0.25, -0.2) is 0 Å². The second-order valence-corrected chi connectivity index (χ2v) is 10.8. The molecule has 0 bridgehead atoms. The summed E-state index contributed by atoms with van der Waals surface area (Å²) in [4.78, 5) is 13.7. The first-order chi connectivity index (χ1) is 22.2. The van der Waals surface area contributed by atoms with Gasteiger partial charge in [-0.05, 0) is 42.3 Å². The maximum absolute atomic E-state index is 6.56. The van der Waals surface area contributed by atoms with Gasteiger partial charge in [0.25, 0.3) is 0 Å². The van der Waals surface area contributed by atoms with E-state index in [4.69, 9.17) is 9.40 Å². The van der Waals surface area contributed by atoms with Crippen molar-refractivity contribution in [2.75, 3.05) is 0 Å². The van der Waals surface area contributed by atoms with Crippen molar-refractivity contribution in [3.63, 3.8) is 0 Å². The zero-order valence-corrected chi connectivity index (χ0v) is 27.2. The Morgan fingerprint density at radius 2 is 1.48 bits per heavy atom. The Balaban J connectivity index is 0.000000220. The number of imidazole rings is 1. The van der Waals surface area contributed by atoms with Crippen molar-refractivity contribution < 1.29 is 24.5 Å². The van der Waals surface area contributed by atoms with E-state index < -0.39 is 0 Å². The van der Waals surface area contributed by atoms with E-state index in [9.17, 15) is 0 Å². The third kappa shape index (κ3) is 5.28. The van der Waals surface area contributed by atoms with Crippen LogP contribution in [0.3, 0.4) is 0 Å². The summed E-state index contributed by atoms with van der Waals surface area (Å²) in [6.07, 6.45) is 3.62. The Labute approximate surface area is 279 Å². The van der Waals surface area contributed by atoms with Crippen LogP contribution in [0.15, 0.2) is 144 Å². The molecule has 5 aromatic carbocycles. The molecule has 0 spiro atoms. The molecule has 4 heterocycles. The Hall–Kier alpha value is -5.42. The van der Waals surface area contributed by atoms with Gasteiger partial charge in [0.15, 0.2) is 0 Å². The number of hydrogen-bond donors (Lipinski definition) is 0. The number of para-hydroxylation sites is 1. The van der Waals surface area contributed by atoms with E-state index in [1.54, 1.807) is 6.20 Å². The number of fused-ring (bicyclic) bond motifs is 6. The molecule has 0 saturated carbocycles. The number of benzene rings is 5. The molecule has 4 aromatic heterocycles. The molecule has 0 atom stereocenters. The maximum Gasteiger partial charge on any atom is 0.128 e. The topological polar surface area (TPSA) is 56.7 Å². The largest absolute Gasteiger partial charge is 0.500 e. The molecule has 0 aliphatic rings. The van der Waals surface area contributed by atoms with Crippen LogP contribution >= 0.6 is 0 Å². The predicted molar refractivity (Wildman–Crippen MR) is 181 cm³/mol. The van der Waals surface area contributed by atoms with E-state index >= 15 is 0 Å². The van der Waals surface area contributed by atoms with E-state index in [0.29, 0.717) is 0 Å². The summed E-state index contributed by atoms with van der Waals surface area (Å²) in [6.45, 7) is 2.00. The molecule has 0 saturated heterocycles. The van der Waals surface area contributed by atoms with Gasteiger partial charge in [-0.3, -0.25) is 9.97 Å². The molecule has 0 amide bonds. The third-order valence-electron chi connectivity index (χ3n) is 7.89. The standard InChI is InChI=1S/C29H18N3O.C11H8N.Ir/c1-18-16-26-25(17-30-18)31-29(32(26)20-9-3-2-4-10-20)24-13-7-12-22-23-15-14-19-8-5-6-11-21(19)27(23)33-28(22)24;1-2-6-10(7-3-1)11-8-4-5-9-12-11;/h2-12,14-17H,1H3;1-6,8-9H;/q2*-1;. The van der Waals surface area contributed by atoms with Gasteiger partial charge >= 0.3 is 0 Å². The fraction of sp³-hybridized carbons (Fsp3) is 0.0250. The number of furan rings is 1. The zero-order chi connectivity index (χ0) is 30.2. The molecular formula is C40H26IrN4O-2. The van der Waals surface area contributed by atoms with Gasteiger partial charge in [0, 0.05) is 48.5 Å². The summed E-state index contributed by atoms with van der Waals surface area (Å²) in [7, 11) is 0. The minimum atomic E-state index is 0. The molecule has 46 heavy (non-hydrogen) atoms. The van der Waals surface area contributed by atoms with Gasteiger partial charge in [0.05, 0.1) is 28.6 Å². The Bertz CT molecular complexity index is 2400. The number of nitrogens with zero attached hydrogens (tertiary/aromatic N) is 4. The van der Waals surface area contributed by atoms with Crippen molar-refractivity contribution in [3.05, 3.63) is 158 Å². The van der Waals surface area contributed by atoms with Gasteiger partial charge in [-0.15, -0.1) is 54.1 Å². The molecular weight excluding hydrogens is 745 g/mol. The Morgan fingerprint density at radius 3 is 2.30 bits per heavy atom. The fourth-order valence-corrected chi connectivity index (χ4v) is 5.80. The molecule has 0 fully saturated rings. The molecule has 9 aromatic rings. The number of rotatable bonds is 3. The van der Waals surface area contributed by atoms with Crippen molar-refractivity contribution >= 4 is 43.7 Å². The van der Waals surface area contributed by atoms with Crippen molar-refractivity contribution in [1.29, 1.82) is 0 Å². The zero-order valence-electron chi connectivity index (χ0n) is 24.8. The van der Waals surface area contributed by atoms with Crippen LogP contribution in [0.25, 0.3) is 72.1 Å². The van der Waals surface area contributed by atoms with Crippen LogP contribution in [0.4, 0.5) is 0 Å². The van der Waals surface area contributed by atoms with Gasteiger partial charge in [0.2, 0.25) is 0 Å². The summed E-state index contributed by atoms with van der Waals surface area (Å²) in [6, 6.07) is 49.2. The predicted octanol–water partition coefficient (Wildman–Crippen LogP) is 9.79. The third-order valence-corrected chi connectivity index (χ3v) is 7.89. The van der Waals surface area contributed by atoms with Crippen molar-refractivity contribution in [1.82, 2.24) is 19.5 Å². The first kappa shape index (κ1) is 29.3. The van der Waals surface area contributed by atoms with Crippen LogP contribution in [-0.4, -0.2) is 19.5 Å². The van der Waals surface area contributed by atoms with E-state index in [0.717, 1.165) is 77.8 Å². The van der Waals surface area contributed by atoms with Gasteiger partial charge in [-0.1, -0.05) is 77.7 Å². The Kier molecular flexibility index (Phi) is 7.98. The second kappa shape index (κ2) is 12.5. The summed E-state index contributed by atoms with van der Waals surface area (Å²) in [5, 5.41) is 4.42. The van der Waals surface area contributed by atoms with E-state index in [1.165, 1.54) is 0 Å². The Morgan fingerprint density at radius 1 is 0.674 bits per heavy atom. The molecule has 1 radical (unpaired) electrons. The summed E-state index contributed by atoms with van der Waals surface area (Å²) in [5.41, 5.74) is 8.37. The smallest absolute Gasteiger partial charge is 0.128 e. The first-order valence-electron chi connectivity index (χ1n) is 14.8. The number of aromatic nitrogens is 4. The summed E-state index contributed by atoms with van der Waals surface area (Å²) < 4.78 is 8.73. The van der Waals surface area contributed by atoms with Gasteiger partial charge < -0.3 is 14.0 Å². The number of pyridine rings is 2. The van der Waals surface area contributed by atoms with Crippen molar-refractivity contribution in [3.8, 4) is 28.3 Å². The molecule has 6 heteroatoms. The monoisotopic (exact) mass is 771 g/mol. The minimum absolute atomic E-state index is 0. The molecule has 0 aliphatic heterocycles. The minimum Gasteiger partial charge on any atom is -0.500 e. The first-order valence-corrected chi connectivity index (χ1v) is 14.8.